The van der Waals surface area contributed by atoms with Gasteiger partial charge in [0, 0.05) is 12.3 Å². The molecule has 0 saturated carbocycles. The molecule has 0 spiro atoms. The Balaban J connectivity index is 2.21. The molecule has 7 heteroatoms. The fraction of sp³-hybridized carbons (Fsp3) is 0.462. The summed E-state index contributed by atoms with van der Waals surface area (Å²) in [5, 5.41) is 2.69. The number of anilines is 1. The van der Waals surface area contributed by atoms with Gasteiger partial charge >= 0.3 is 0 Å². The minimum Gasteiger partial charge on any atom is -0.368 e. The van der Waals surface area contributed by atoms with E-state index in [2.05, 4.69) is 10.0 Å². The second kappa shape index (κ2) is 5.90. The van der Waals surface area contributed by atoms with Gasteiger partial charge in [0.25, 0.3) is 5.91 Å². The van der Waals surface area contributed by atoms with E-state index >= 15 is 0 Å². The van der Waals surface area contributed by atoms with Crippen molar-refractivity contribution in [3.8, 4) is 0 Å². The van der Waals surface area contributed by atoms with Crippen LogP contribution < -0.4 is 10.0 Å². The molecule has 0 unspecified atom stereocenters. The molecule has 1 aliphatic rings. The van der Waals surface area contributed by atoms with Crippen LogP contribution in [0.4, 0.5) is 5.69 Å². The van der Waals surface area contributed by atoms with E-state index in [-0.39, 0.29) is 10.8 Å². The SMILES string of the molecule is CNS(=O)(=O)c1cc(NC(=O)[C@@H]2CCCO2)ccc1C. The summed E-state index contributed by atoms with van der Waals surface area (Å²) in [7, 11) is -2.19. The predicted octanol–water partition coefficient (Wildman–Crippen LogP) is 1.02. The number of carbonyl (C=O) groups excluding carboxylic acids is 1. The third-order valence-electron chi connectivity index (χ3n) is 3.24. The summed E-state index contributed by atoms with van der Waals surface area (Å²) >= 11 is 0. The smallest absolute Gasteiger partial charge is 0.253 e. The third kappa shape index (κ3) is 3.17. The summed E-state index contributed by atoms with van der Waals surface area (Å²) in [6, 6.07) is 4.79. The van der Waals surface area contributed by atoms with E-state index < -0.39 is 16.1 Å². The normalized spacial score (nSPS) is 19.0. The lowest BCUT2D eigenvalue weighted by atomic mass is 10.2. The minimum atomic E-state index is -3.54. The number of nitrogens with one attached hydrogen (secondary N) is 2. The summed E-state index contributed by atoms with van der Waals surface area (Å²) in [5.74, 6) is -0.237. The number of carbonyl (C=O) groups is 1. The van der Waals surface area contributed by atoms with E-state index in [9.17, 15) is 13.2 Å². The first-order valence-electron chi connectivity index (χ1n) is 6.41. The van der Waals surface area contributed by atoms with Crippen molar-refractivity contribution in [2.24, 2.45) is 0 Å². The lowest BCUT2D eigenvalue weighted by Crippen LogP contribution is -2.27. The Morgan fingerprint density at radius 1 is 1.40 bits per heavy atom. The average molecular weight is 298 g/mol. The first kappa shape index (κ1) is 15.0. The number of ether oxygens (including phenoxy) is 1. The molecule has 110 valence electrons. The molecule has 1 heterocycles. The van der Waals surface area contributed by atoms with Crippen LogP contribution in [0.25, 0.3) is 0 Å². The zero-order valence-corrected chi connectivity index (χ0v) is 12.3. The van der Waals surface area contributed by atoms with Crippen molar-refractivity contribution in [3.63, 3.8) is 0 Å². The fourth-order valence-electron chi connectivity index (χ4n) is 2.08. The first-order chi connectivity index (χ1) is 9.44. The van der Waals surface area contributed by atoms with E-state index in [0.717, 1.165) is 6.42 Å². The van der Waals surface area contributed by atoms with Gasteiger partial charge in [0.2, 0.25) is 10.0 Å². The molecule has 2 rings (SSSR count). The highest BCUT2D eigenvalue weighted by Gasteiger charge is 2.24. The maximum absolute atomic E-state index is 11.9. The van der Waals surface area contributed by atoms with Crippen LogP contribution >= 0.6 is 0 Å². The van der Waals surface area contributed by atoms with Crippen molar-refractivity contribution in [2.45, 2.75) is 30.8 Å². The number of benzene rings is 1. The summed E-state index contributed by atoms with van der Waals surface area (Å²) in [6.07, 6.45) is 1.12. The van der Waals surface area contributed by atoms with E-state index in [1.165, 1.54) is 13.1 Å². The highest BCUT2D eigenvalue weighted by molar-refractivity contribution is 7.89. The molecule has 1 fully saturated rings. The summed E-state index contributed by atoms with van der Waals surface area (Å²) < 4.78 is 31.3. The van der Waals surface area contributed by atoms with Crippen molar-refractivity contribution in [2.75, 3.05) is 19.0 Å². The van der Waals surface area contributed by atoms with Crippen LogP contribution in [0, 0.1) is 6.92 Å². The van der Waals surface area contributed by atoms with Gasteiger partial charge in [-0.2, -0.15) is 0 Å². The topological polar surface area (TPSA) is 84.5 Å². The first-order valence-corrected chi connectivity index (χ1v) is 7.89. The fourth-order valence-corrected chi connectivity index (χ4v) is 3.08. The summed E-state index contributed by atoms with van der Waals surface area (Å²) in [6.45, 7) is 2.29. The van der Waals surface area contributed by atoms with Gasteiger partial charge in [0.15, 0.2) is 0 Å². The molecule has 0 bridgehead atoms. The Labute approximate surface area is 118 Å². The van der Waals surface area contributed by atoms with Crippen LogP contribution in [0.2, 0.25) is 0 Å². The van der Waals surface area contributed by atoms with E-state index in [4.69, 9.17) is 4.74 Å². The number of hydrogen-bond acceptors (Lipinski definition) is 4. The summed E-state index contributed by atoms with van der Waals surface area (Å²) in [4.78, 5) is 12.1. The molecule has 1 aliphatic heterocycles. The van der Waals surface area contributed by atoms with Gasteiger partial charge in [0.05, 0.1) is 4.90 Å². The van der Waals surface area contributed by atoms with Gasteiger partial charge in [-0.25, -0.2) is 13.1 Å². The highest BCUT2D eigenvalue weighted by Crippen LogP contribution is 2.21. The molecule has 1 aromatic carbocycles. The van der Waals surface area contributed by atoms with Gasteiger partial charge in [-0.05, 0) is 44.5 Å². The number of aryl methyl sites for hydroxylation is 1. The van der Waals surface area contributed by atoms with Crippen molar-refractivity contribution < 1.29 is 17.9 Å². The summed E-state index contributed by atoms with van der Waals surface area (Å²) in [5.41, 5.74) is 1.07. The molecule has 2 N–H and O–H groups in total. The zero-order chi connectivity index (χ0) is 14.8. The molecular weight excluding hydrogens is 280 g/mol. The molecule has 1 amide bonds. The number of hydrogen-bond donors (Lipinski definition) is 2. The van der Waals surface area contributed by atoms with Crippen molar-refractivity contribution in [3.05, 3.63) is 23.8 Å². The van der Waals surface area contributed by atoms with Crippen molar-refractivity contribution in [1.82, 2.24) is 4.72 Å². The molecule has 20 heavy (non-hydrogen) atoms. The second-order valence-electron chi connectivity index (χ2n) is 4.68. The van der Waals surface area contributed by atoms with Gasteiger partial charge in [-0.1, -0.05) is 6.07 Å². The Hall–Kier alpha value is -1.44. The van der Waals surface area contributed by atoms with Crippen LogP contribution in [0.15, 0.2) is 23.1 Å². The van der Waals surface area contributed by atoms with Crippen LogP contribution in [0.5, 0.6) is 0 Å². The largest absolute Gasteiger partial charge is 0.368 e. The number of rotatable bonds is 4. The van der Waals surface area contributed by atoms with Crippen molar-refractivity contribution >= 4 is 21.6 Å². The van der Waals surface area contributed by atoms with Crippen LogP contribution in [-0.2, 0) is 19.6 Å². The Bertz CT molecular complexity index is 607. The number of amides is 1. The number of sulfonamides is 1. The average Bonchev–Trinajstić information content (AvgIpc) is 2.95. The van der Waals surface area contributed by atoms with Crippen LogP contribution in [0.1, 0.15) is 18.4 Å². The van der Waals surface area contributed by atoms with Gasteiger partial charge < -0.3 is 10.1 Å². The van der Waals surface area contributed by atoms with Crippen LogP contribution in [-0.4, -0.2) is 34.1 Å². The highest BCUT2D eigenvalue weighted by atomic mass is 32.2. The Morgan fingerprint density at radius 3 is 2.75 bits per heavy atom. The van der Waals surface area contributed by atoms with E-state index in [1.807, 2.05) is 0 Å². The third-order valence-corrected chi connectivity index (χ3v) is 4.79. The zero-order valence-electron chi connectivity index (χ0n) is 11.5. The molecule has 0 aromatic heterocycles. The quantitative estimate of drug-likeness (QED) is 0.869. The minimum absolute atomic E-state index is 0.158. The molecule has 6 nitrogen and oxygen atoms in total. The van der Waals surface area contributed by atoms with Gasteiger partial charge in [-0.15, -0.1) is 0 Å². The predicted molar refractivity (Wildman–Crippen MR) is 75.0 cm³/mol. The monoisotopic (exact) mass is 298 g/mol. The molecule has 1 aromatic rings. The molecule has 1 saturated heterocycles. The lowest BCUT2D eigenvalue weighted by molar-refractivity contribution is -0.124. The molecule has 0 aliphatic carbocycles. The van der Waals surface area contributed by atoms with E-state index in [0.29, 0.717) is 24.3 Å². The van der Waals surface area contributed by atoms with Crippen LogP contribution in [0.3, 0.4) is 0 Å². The molecule has 0 radical (unpaired) electrons. The standard InChI is InChI=1S/C13H18N2O4S/c1-9-5-6-10(8-12(9)20(17,18)14-2)15-13(16)11-4-3-7-19-11/h5-6,8,11,14H,3-4,7H2,1-2H3,(H,15,16)/t11-/m0/s1. The van der Waals surface area contributed by atoms with Gasteiger partial charge in [0.1, 0.15) is 6.10 Å². The molecule has 1 atom stereocenters. The maximum Gasteiger partial charge on any atom is 0.253 e. The Morgan fingerprint density at radius 2 is 2.15 bits per heavy atom. The second-order valence-corrected chi connectivity index (χ2v) is 6.53. The lowest BCUT2D eigenvalue weighted by Gasteiger charge is -2.12. The van der Waals surface area contributed by atoms with Crippen molar-refractivity contribution in [1.29, 1.82) is 0 Å². The van der Waals surface area contributed by atoms with E-state index in [1.54, 1.807) is 19.1 Å². The molecular formula is C13H18N2O4S. The van der Waals surface area contributed by atoms with Gasteiger partial charge in [-0.3, -0.25) is 4.79 Å². The Kier molecular flexibility index (Phi) is 4.42. The maximum atomic E-state index is 11.9.